The molecule has 25 heavy (non-hydrogen) atoms. The molecule has 7 heteroatoms. The molecule has 7 nitrogen and oxygen atoms in total. The zero-order chi connectivity index (χ0) is 17.8. The second-order valence-corrected chi connectivity index (χ2v) is 6.96. The molecule has 3 fully saturated rings. The number of fused-ring (bicyclic) bond motifs is 1. The first-order chi connectivity index (χ1) is 12.0. The smallest absolute Gasteiger partial charge is 0.332 e. The highest BCUT2D eigenvalue weighted by atomic mass is 16.5. The van der Waals surface area contributed by atoms with E-state index in [-0.39, 0.29) is 5.41 Å². The number of carbonyl (C=O) groups excluding carboxylic acids is 3. The Morgan fingerprint density at radius 3 is 2.44 bits per heavy atom. The van der Waals surface area contributed by atoms with Crippen LogP contribution in [0.3, 0.4) is 0 Å². The third-order valence-electron chi connectivity index (χ3n) is 5.56. The average molecular weight is 342 g/mol. The lowest BCUT2D eigenvalue weighted by Gasteiger charge is -2.23. The summed E-state index contributed by atoms with van der Waals surface area (Å²) in [5.41, 5.74) is 5.47. The molecule has 4 amide bonds. The van der Waals surface area contributed by atoms with Gasteiger partial charge in [0, 0.05) is 25.5 Å². The lowest BCUT2D eigenvalue weighted by atomic mass is 9.94. The number of benzene rings is 1. The Morgan fingerprint density at radius 1 is 1.24 bits per heavy atom. The lowest BCUT2D eigenvalue weighted by molar-refractivity contribution is -0.134. The molecule has 131 valence electrons. The van der Waals surface area contributed by atoms with Gasteiger partial charge < -0.3 is 15.4 Å². The van der Waals surface area contributed by atoms with E-state index in [0.29, 0.717) is 25.3 Å². The number of ether oxygens (including phenoxy) is 1. The van der Waals surface area contributed by atoms with E-state index in [1.165, 1.54) is 4.90 Å². The van der Waals surface area contributed by atoms with E-state index in [1.807, 2.05) is 12.1 Å². The molecule has 2 N–H and O–H groups in total. The van der Waals surface area contributed by atoms with Crippen molar-refractivity contribution in [2.24, 2.45) is 5.73 Å². The van der Waals surface area contributed by atoms with Crippen molar-refractivity contribution in [1.29, 1.82) is 0 Å². The molecule has 1 atom stereocenters. The number of primary amides is 1. The normalized spacial score (nSPS) is 26.9. The summed E-state index contributed by atoms with van der Waals surface area (Å²) >= 11 is 0. The van der Waals surface area contributed by atoms with Crippen LogP contribution >= 0.6 is 0 Å². The van der Waals surface area contributed by atoms with Gasteiger partial charge in [-0.3, -0.25) is 9.59 Å². The zero-order valence-electron chi connectivity index (χ0n) is 14.0. The van der Waals surface area contributed by atoms with Crippen molar-refractivity contribution < 1.29 is 19.1 Å². The summed E-state index contributed by atoms with van der Waals surface area (Å²) in [5, 5.41) is 0. The van der Waals surface area contributed by atoms with Gasteiger partial charge in [-0.25, -0.2) is 9.69 Å². The molecule has 0 spiro atoms. The monoisotopic (exact) mass is 342 g/mol. The Morgan fingerprint density at radius 2 is 1.92 bits per heavy atom. The number of nitrogens with zero attached hydrogens (tertiary/aromatic N) is 2. The molecule has 0 aromatic heterocycles. The molecule has 1 aromatic rings. The van der Waals surface area contributed by atoms with Crippen molar-refractivity contribution in [3.63, 3.8) is 0 Å². The number of imide groups is 1. The van der Waals surface area contributed by atoms with Crippen LogP contribution < -0.4 is 10.6 Å². The van der Waals surface area contributed by atoms with Gasteiger partial charge in [-0.2, -0.15) is 0 Å². The van der Waals surface area contributed by atoms with E-state index in [0.717, 1.165) is 23.3 Å². The fourth-order valence-corrected chi connectivity index (χ4v) is 3.99. The topological polar surface area (TPSA) is 92.9 Å². The number of anilines is 1. The highest BCUT2D eigenvalue weighted by Gasteiger charge is 2.64. The van der Waals surface area contributed by atoms with Crippen LogP contribution in [0.1, 0.15) is 24.8 Å². The Labute approximate surface area is 145 Å². The summed E-state index contributed by atoms with van der Waals surface area (Å²) in [6, 6.07) is 6.84. The summed E-state index contributed by atoms with van der Waals surface area (Å²) < 4.78 is 5.30. The molecule has 2 aliphatic heterocycles. The van der Waals surface area contributed by atoms with E-state index >= 15 is 0 Å². The first-order valence-corrected chi connectivity index (χ1v) is 8.36. The maximum Gasteiger partial charge on any atom is 0.332 e. The molecule has 1 aromatic carbocycles. The summed E-state index contributed by atoms with van der Waals surface area (Å²) in [4.78, 5) is 39.8. The summed E-state index contributed by atoms with van der Waals surface area (Å²) in [7, 11) is 1.68. The van der Waals surface area contributed by atoms with Crippen LogP contribution in [0.15, 0.2) is 24.3 Å². The van der Waals surface area contributed by atoms with Crippen LogP contribution in [-0.4, -0.2) is 48.5 Å². The first kappa shape index (κ1) is 16.1. The van der Waals surface area contributed by atoms with Crippen molar-refractivity contribution in [1.82, 2.24) is 4.90 Å². The summed E-state index contributed by atoms with van der Waals surface area (Å²) in [6.07, 6.45) is 4.15. The molecule has 0 unspecified atom stereocenters. The minimum atomic E-state index is -1.64. The molecule has 1 saturated carbocycles. The molecule has 3 aliphatic rings. The van der Waals surface area contributed by atoms with E-state index in [9.17, 15) is 14.4 Å². The van der Waals surface area contributed by atoms with Crippen molar-refractivity contribution in [3.8, 4) is 0 Å². The zero-order valence-corrected chi connectivity index (χ0v) is 14.0. The average Bonchev–Trinajstić information content (AvgIpc) is 3.17. The van der Waals surface area contributed by atoms with Gasteiger partial charge in [0.15, 0.2) is 0 Å². The SMILES string of the molecule is COCC1(c2ccc(N3C(=O)N4CC[CH][C@]4(C(N)=O)C3=O)cc2)CC1. The van der Waals surface area contributed by atoms with Gasteiger partial charge in [-0.15, -0.1) is 0 Å². The van der Waals surface area contributed by atoms with Crippen LogP contribution in [0, 0.1) is 6.42 Å². The standard InChI is InChI=1S/C18H20N3O4/c1-25-11-17(8-9-17)12-3-5-13(6-4-12)21-15(23)18(14(19)22)7-2-10-20(18)16(21)24/h3-7H,2,8-11H2,1H3,(H2,19,22)/t18-/m0/s1. The number of nitrogens with two attached hydrogens (primary N) is 1. The Kier molecular flexibility index (Phi) is 3.40. The van der Waals surface area contributed by atoms with E-state index < -0.39 is 23.4 Å². The molecule has 2 heterocycles. The molecule has 4 rings (SSSR count). The van der Waals surface area contributed by atoms with Crippen LogP contribution in [0.25, 0.3) is 0 Å². The highest BCUT2D eigenvalue weighted by Crippen LogP contribution is 2.49. The van der Waals surface area contributed by atoms with Crippen molar-refractivity contribution in [2.45, 2.75) is 30.2 Å². The minimum absolute atomic E-state index is 0.0501. The van der Waals surface area contributed by atoms with Gasteiger partial charge in [0.05, 0.1) is 12.3 Å². The Hall–Kier alpha value is -2.41. The van der Waals surface area contributed by atoms with Gasteiger partial charge in [0.1, 0.15) is 0 Å². The lowest BCUT2D eigenvalue weighted by Crippen LogP contribution is -2.55. The summed E-state index contributed by atoms with van der Waals surface area (Å²) in [5.74, 6) is -1.40. The maximum atomic E-state index is 12.9. The number of hydrogen-bond acceptors (Lipinski definition) is 4. The first-order valence-electron chi connectivity index (χ1n) is 8.36. The van der Waals surface area contributed by atoms with Crippen molar-refractivity contribution in [3.05, 3.63) is 36.2 Å². The van der Waals surface area contributed by atoms with Crippen molar-refractivity contribution >= 4 is 23.5 Å². The number of methoxy groups -OCH3 is 1. The van der Waals surface area contributed by atoms with Gasteiger partial charge in [-0.1, -0.05) is 12.1 Å². The second-order valence-electron chi connectivity index (χ2n) is 6.96. The molecule has 1 radical (unpaired) electrons. The van der Waals surface area contributed by atoms with E-state index in [1.54, 1.807) is 25.7 Å². The maximum absolute atomic E-state index is 12.9. The fraction of sp³-hybridized carbons (Fsp3) is 0.444. The third-order valence-corrected chi connectivity index (χ3v) is 5.56. The molecule has 0 bridgehead atoms. The number of carbonyl (C=O) groups is 3. The molecular formula is C18H20N3O4. The fourth-order valence-electron chi connectivity index (χ4n) is 3.99. The van der Waals surface area contributed by atoms with E-state index in [4.69, 9.17) is 10.5 Å². The predicted octanol–water partition coefficient (Wildman–Crippen LogP) is 0.965. The van der Waals surface area contributed by atoms with Crippen LogP contribution in [0.2, 0.25) is 0 Å². The third kappa shape index (κ3) is 2.05. The van der Waals surface area contributed by atoms with Gasteiger partial charge >= 0.3 is 6.03 Å². The molecule has 1 aliphatic carbocycles. The quantitative estimate of drug-likeness (QED) is 0.637. The van der Waals surface area contributed by atoms with Crippen LogP contribution in [-0.2, 0) is 19.7 Å². The summed E-state index contributed by atoms with van der Waals surface area (Å²) in [6.45, 7) is 0.973. The van der Waals surface area contributed by atoms with Gasteiger partial charge in [0.2, 0.25) is 5.54 Å². The largest absolute Gasteiger partial charge is 0.384 e. The molecule has 2 saturated heterocycles. The van der Waals surface area contributed by atoms with Gasteiger partial charge in [-0.05, 0) is 37.0 Å². The van der Waals surface area contributed by atoms with Crippen molar-refractivity contribution in [2.75, 3.05) is 25.2 Å². The van der Waals surface area contributed by atoms with Crippen LogP contribution in [0.4, 0.5) is 10.5 Å². The predicted molar refractivity (Wildman–Crippen MR) is 89.7 cm³/mol. The number of hydrogen-bond donors (Lipinski definition) is 1. The second kappa shape index (κ2) is 5.29. The number of urea groups is 1. The van der Waals surface area contributed by atoms with E-state index in [2.05, 4.69) is 0 Å². The number of amides is 4. The minimum Gasteiger partial charge on any atom is -0.384 e. The van der Waals surface area contributed by atoms with Crippen LogP contribution in [0.5, 0.6) is 0 Å². The van der Waals surface area contributed by atoms with Gasteiger partial charge in [0.25, 0.3) is 11.8 Å². The number of rotatable bonds is 5. The molecular weight excluding hydrogens is 322 g/mol. The highest BCUT2D eigenvalue weighted by molar-refractivity contribution is 6.32. The Bertz CT molecular complexity index is 756. The Balaban J connectivity index is 1.66.